The molecule has 0 fully saturated rings. The molecule has 0 aliphatic heterocycles. The van der Waals surface area contributed by atoms with E-state index in [0.29, 0.717) is 11.5 Å². The van der Waals surface area contributed by atoms with Gasteiger partial charge in [-0.25, -0.2) is 13.1 Å². The Hall–Kier alpha value is -3.58. The molecule has 0 aliphatic rings. The summed E-state index contributed by atoms with van der Waals surface area (Å²) < 4.78 is 31.0. The number of rotatable bonds is 9. The molecule has 1 heterocycles. The van der Waals surface area contributed by atoms with Gasteiger partial charge in [0.15, 0.2) is 0 Å². The zero-order valence-corrected chi connectivity index (χ0v) is 21.5. The van der Waals surface area contributed by atoms with E-state index in [-0.39, 0.29) is 4.90 Å². The summed E-state index contributed by atoms with van der Waals surface area (Å²) in [7, 11) is 0.184. The van der Waals surface area contributed by atoms with Crippen molar-refractivity contribution >= 4 is 21.5 Å². The number of unbranched alkanes of at least 4 members (excludes halogenated alkanes) is 1. The van der Waals surface area contributed by atoms with Crippen LogP contribution in [0.2, 0.25) is 0 Å². The van der Waals surface area contributed by atoms with E-state index in [1.807, 2.05) is 86.6 Å². The molecule has 3 aromatic carbocycles. The van der Waals surface area contributed by atoms with Crippen LogP contribution in [-0.4, -0.2) is 32.3 Å². The first-order chi connectivity index (χ1) is 16.8. The van der Waals surface area contributed by atoms with Crippen molar-refractivity contribution in [2.45, 2.75) is 38.0 Å². The molecule has 7 heteroatoms. The van der Waals surface area contributed by atoms with Crippen LogP contribution in [0.3, 0.4) is 0 Å². The molecule has 0 atom stereocenters. The predicted molar refractivity (Wildman–Crippen MR) is 144 cm³/mol. The second-order valence-corrected chi connectivity index (χ2v) is 10.6. The van der Waals surface area contributed by atoms with E-state index in [4.69, 9.17) is 5.10 Å². The topological polar surface area (TPSA) is 67.2 Å². The zero-order valence-electron chi connectivity index (χ0n) is 20.7. The number of nitrogens with one attached hydrogen (secondary N) is 1. The van der Waals surface area contributed by atoms with Gasteiger partial charge in [0, 0.05) is 31.4 Å². The Morgan fingerprint density at radius 3 is 2.26 bits per heavy atom. The first-order valence-electron chi connectivity index (χ1n) is 11.8. The second kappa shape index (κ2) is 10.4. The van der Waals surface area contributed by atoms with Crippen LogP contribution in [0.15, 0.2) is 83.8 Å². The fourth-order valence-corrected chi connectivity index (χ4v) is 4.96. The summed E-state index contributed by atoms with van der Waals surface area (Å²) in [5, 5.41) is 4.79. The maximum Gasteiger partial charge on any atom is 0.263 e. The molecule has 0 amide bonds. The monoisotopic (exact) mass is 488 g/mol. The van der Waals surface area contributed by atoms with Crippen molar-refractivity contribution < 1.29 is 8.42 Å². The molecular formula is C28H32N4O2S. The quantitative estimate of drug-likeness (QED) is 0.311. The van der Waals surface area contributed by atoms with E-state index in [9.17, 15) is 8.42 Å². The summed E-state index contributed by atoms with van der Waals surface area (Å²) in [6.07, 6.45) is 3.13. The third-order valence-corrected chi connectivity index (χ3v) is 7.39. The molecule has 4 rings (SSSR count). The van der Waals surface area contributed by atoms with E-state index in [1.54, 1.807) is 22.9 Å². The number of sulfonamides is 1. The number of benzene rings is 3. The molecule has 0 bridgehead atoms. The largest absolute Gasteiger partial charge is 0.378 e. The number of para-hydroxylation sites is 1. The number of hydrogen-bond donors (Lipinski definition) is 1. The minimum Gasteiger partial charge on any atom is -0.378 e. The van der Waals surface area contributed by atoms with Gasteiger partial charge in [-0.3, -0.25) is 4.72 Å². The van der Waals surface area contributed by atoms with Gasteiger partial charge in [-0.15, -0.1) is 0 Å². The van der Waals surface area contributed by atoms with Crippen molar-refractivity contribution in [2.75, 3.05) is 23.7 Å². The van der Waals surface area contributed by atoms with Gasteiger partial charge in [-0.2, -0.15) is 5.10 Å². The highest BCUT2D eigenvalue weighted by atomic mass is 32.2. The third-order valence-electron chi connectivity index (χ3n) is 6.02. The molecular weight excluding hydrogens is 456 g/mol. The third kappa shape index (κ3) is 5.57. The average molecular weight is 489 g/mol. The summed E-state index contributed by atoms with van der Waals surface area (Å²) in [4.78, 5) is 2.26. The van der Waals surface area contributed by atoms with E-state index >= 15 is 0 Å². The molecule has 0 radical (unpaired) electrons. The Balaban J connectivity index is 1.72. The lowest BCUT2D eigenvalue weighted by Gasteiger charge is -2.12. The lowest BCUT2D eigenvalue weighted by Crippen LogP contribution is -2.16. The second-order valence-electron chi connectivity index (χ2n) is 8.91. The summed E-state index contributed by atoms with van der Waals surface area (Å²) in [5.41, 5.74) is 5.62. The normalized spacial score (nSPS) is 11.4. The van der Waals surface area contributed by atoms with Crippen molar-refractivity contribution in [1.82, 2.24) is 9.78 Å². The van der Waals surface area contributed by atoms with E-state index in [1.165, 1.54) is 0 Å². The minimum atomic E-state index is -3.80. The number of aryl methyl sites for hydroxylation is 2. The Labute approximate surface area is 208 Å². The van der Waals surface area contributed by atoms with Crippen LogP contribution in [0.5, 0.6) is 0 Å². The molecule has 35 heavy (non-hydrogen) atoms. The summed E-state index contributed by atoms with van der Waals surface area (Å²) >= 11 is 0. The fourth-order valence-electron chi connectivity index (χ4n) is 3.92. The molecule has 1 N–H and O–H groups in total. The Kier molecular flexibility index (Phi) is 7.26. The van der Waals surface area contributed by atoms with Crippen LogP contribution in [-0.2, 0) is 16.4 Å². The molecule has 0 aliphatic carbocycles. The first-order valence-corrected chi connectivity index (χ1v) is 13.3. The van der Waals surface area contributed by atoms with Crippen LogP contribution in [0, 0.1) is 6.92 Å². The smallest absolute Gasteiger partial charge is 0.263 e. The van der Waals surface area contributed by atoms with Gasteiger partial charge >= 0.3 is 0 Å². The van der Waals surface area contributed by atoms with Crippen molar-refractivity contribution in [2.24, 2.45) is 0 Å². The predicted octanol–water partition coefficient (Wildman–Crippen LogP) is 6.06. The lowest BCUT2D eigenvalue weighted by molar-refractivity contribution is 0.600. The highest BCUT2D eigenvalue weighted by Crippen LogP contribution is 2.29. The first kappa shape index (κ1) is 24.5. The lowest BCUT2D eigenvalue weighted by atomic mass is 10.1. The van der Waals surface area contributed by atoms with Gasteiger partial charge in [-0.05, 0) is 61.2 Å². The highest BCUT2D eigenvalue weighted by Gasteiger charge is 2.20. The van der Waals surface area contributed by atoms with Crippen LogP contribution in [0.25, 0.3) is 16.9 Å². The molecule has 0 saturated carbocycles. The molecule has 182 valence electrons. The van der Waals surface area contributed by atoms with Gasteiger partial charge in [-0.1, -0.05) is 55.8 Å². The summed E-state index contributed by atoms with van der Waals surface area (Å²) in [6.45, 7) is 4.13. The molecule has 4 aromatic rings. The van der Waals surface area contributed by atoms with Crippen molar-refractivity contribution in [3.63, 3.8) is 0 Å². The molecule has 0 saturated heterocycles. The SMILES string of the molecule is CCCCc1ccc(S(=O)(=O)Nc2cc(-c3ccc(N(C)C)cc3)nn2-c2ccccc2C)cc1. The number of hydrogen-bond acceptors (Lipinski definition) is 4. The Morgan fingerprint density at radius 1 is 0.943 bits per heavy atom. The van der Waals surface area contributed by atoms with Crippen molar-refractivity contribution in [1.29, 1.82) is 0 Å². The van der Waals surface area contributed by atoms with Crippen LogP contribution in [0.4, 0.5) is 11.5 Å². The van der Waals surface area contributed by atoms with Gasteiger partial charge < -0.3 is 4.90 Å². The maximum atomic E-state index is 13.3. The summed E-state index contributed by atoms with van der Waals surface area (Å²) in [5.74, 6) is 0.390. The number of anilines is 2. The molecule has 1 aromatic heterocycles. The maximum absolute atomic E-state index is 13.3. The standard InChI is InChI=1S/C28H32N4O2S/c1-5-6-10-22-12-18-25(19-13-22)35(33,34)30-28-20-26(23-14-16-24(17-15-23)31(3)4)29-32(28)27-11-8-7-9-21(27)2/h7-9,11-20,30H,5-6,10H2,1-4H3. The molecule has 0 unspecified atom stereocenters. The van der Waals surface area contributed by atoms with Gasteiger partial charge in [0.1, 0.15) is 5.82 Å². The van der Waals surface area contributed by atoms with Crippen LogP contribution < -0.4 is 9.62 Å². The van der Waals surface area contributed by atoms with Gasteiger partial charge in [0.25, 0.3) is 10.0 Å². The van der Waals surface area contributed by atoms with Gasteiger partial charge in [0.05, 0.1) is 16.3 Å². The molecule has 0 spiro atoms. The van der Waals surface area contributed by atoms with E-state index < -0.39 is 10.0 Å². The zero-order chi connectivity index (χ0) is 25.0. The highest BCUT2D eigenvalue weighted by molar-refractivity contribution is 7.92. The molecule has 6 nitrogen and oxygen atoms in total. The Bertz CT molecular complexity index is 1390. The van der Waals surface area contributed by atoms with Crippen LogP contribution in [0.1, 0.15) is 30.9 Å². The fraction of sp³-hybridized carbons (Fsp3) is 0.250. The minimum absolute atomic E-state index is 0.229. The van der Waals surface area contributed by atoms with Crippen LogP contribution >= 0.6 is 0 Å². The van der Waals surface area contributed by atoms with E-state index in [0.717, 1.165) is 47.3 Å². The van der Waals surface area contributed by atoms with Gasteiger partial charge in [0.2, 0.25) is 0 Å². The Morgan fingerprint density at radius 2 is 1.63 bits per heavy atom. The summed E-state index contributed by atoms with van der Waals surface area (Å²) in [6, 6.07) is 24.7. The average Bonchev–Trinajstić information content (AvgIpc) is 3.26. The van der Waals surface area contributed by atoms with Crippen molar-refractivity contribution in [3.8, 4) is 16.9 Å². The number of aromatic nitrogens is 2. The number of nitrogens with zero attached hydrogens (tertiary/aromatic N) is 3. The van der Waals surface area contributed by atoms with Crippen molar-refractivity contribution in [3.05, 3.63) is 90.0 Å². The van der Waals surface area contributed by atoms with E-state index in [2.05, 4.69) is 11.6 Å².